The summed E-state index contributed by atoms with van der Waals surface area (Å²) < 4.78 is 11.2. The van der Waals surface area contributed by atoms with Crippen molar-refractivity contribution in [1.29, 1.82) is 0 Å². The lowest BCUT2D eigenvalue weighted by atomic mass is 10.1. The fourth-order valence-corrected chi connectivity index (χ4v) is 2.94. The van der Waals surface area contributed by atoms with Crippen LogP contribution in [0.15, 0.2) is 22.7 Å². The summed E-state index contributed by atoms with van der Waals surface area (Å²) in [6.45, 7) is 7.99. The molecule has 0 rings (SSSR count). The van der Waals surface area contributed by atoms with Gasteiger partial charge in [0, 0.05) is 0 Å². The molecule has 0 fully saturated rings. The first kappa shape index (κ1) is 26.9. The van der Waals surface area contributed by atoms with Gasteiger partial charge in [-0.05, 0) is 51.7 Å². The number of hydrogen-bond donors (Lipinski definition) is 4. The van der Waals surface area contributed by atoms with Crippen LogP contribution in [0.3, 0.4) is 0 Å². The monoisotopic (exact) mass is 402 g/mol. The van der Waals surface area contributed by atoms with E-state index in [1.807, 2.05) is 27.7 Å². The molecular weight excluding hydrogens is 360 g/mol. The number of rotatable bonds is 17. The predicted molar refractivity (Wildman–Crippen MR) is 112 cm³/mol. The molecule has 0 spiro atoms. The van der Waals surface area contributed by atoms with Gasteiger partial charge in [0.1, 0.15) is 23.7 Å². The third-order valence-corrected chi connectivity index (χ3v) is 4.49. The summed E-state index contributed by atoms with van der Waals surface area (Å²) in [5.74, 6) is 0.986. The van der Waals surface area contributed by atoms with Crippen LogP contribution >= 0.6 is 0 Å². The van der Waals surface area contributed by atoms with Gasteiger partial charge in [0.2, 0.25) is 0 Å². The first-order valence-corrected chi connectivity index (χ1v) is 10.5. The van der Waals surface area contributed by atoms with Crippen LogP contribution in [-0.2, 0) is 9.47 Å². The zero-order valence-corrected chi connectivity index (χ0v) is 18.2. The molecule has 6 heteroatoms. The molecule has 28 heavy (non-hydrogen) atoms. The Bertz CT molecular complexity index is 408. The maximum Gasteiger partial charge on any atom is 0.134 e. The van der Waals surface area contributed by atoms with Gasteiger partial charge in [-0.1, -0.05) is 38.5 Å². The Morgan fingerprint density at radius 1 is 0.571 bits per heavy atom. The topological polar surface area (TPSA) is 99.4 Å². The van der Waals surface area contributed by atoms with Crippen LogP contribution in [-0.4, -0.2) is 59.1 Å². The van der Waals surface area contributed by atoms with E-state index >= 15 is 0 Å². The van der Waals surface area contributed by atoms with Crippen molar-refractivity contribution in [2.75, 3.05) is 26.4 Å². The normalized spacial score (nSPS) is 13.0. The number of unbranched alkanes of at least 4 members (excludes halogenated alkanes) is 7. The molecule has 0 aromatic rings. The number of ether oxygens (including phenoxy) is 2. The molecule has 0 heterocycles. The second-order valence-electron chi connectivity index (χ2n) is 7.65. The van der Waals surface area contributed by atoms with Gasteiger partial charge in [0.05, 0.1) is 26.4 Å². The van der Waals surface area contributed by atoms with Crippen LogP contribution in [0.25, 0.3) is 0 Å². The second kappa shape index (κ2) is 16.8. The van der Waals surface area contributed by atoms with Gasteiger partial charge in [-0.3, -0.25) is 0 Å². The van der Waals surface area contributed by atoms with Crippen LogP contribution in [0.4, 0.5) is 0 Å². The molecule has 0 amide bonds. The van der Waals surface area contributed by atoms with E-state index < -0.39 is 12.2 Å². The maximum atomic E-state index is 9.68. The maximum absolute atomic E-state index is 9.68. The van der Waals surface area contributed by atoms with Crippen LogP contribution in [0.1, 0.15) is 79.1 Å². The molecule has 4 N–H and O–H groups in total. The molecule has 0 aliphatic rings. The number of aliphatic hydroxyl groups is 4. The van der Waals surface area contributed by atoms with Crippen molar-refractivity contribution in [1.82, 2.24) is 0 Å². The molecule has 0 saturated carbocycles. The van der Waals surface area contributed by atoms with Crippen molar-refractivity contribution in [2.45, 2.75) is 91.3 Å². The Balaban J connectivity index is 3.64. The molecule has 0 aromatic heterocycles. The minimum Gasteiger partial charge on any atom is -0.495 e. The molecule has 2 atom stereocenters. The third kappa shape index (κ3) is 12.4. The molecule has 0 bridgehead atoms. The number of aliphatic hydroxyl groups excluding tert-OH is 4. The smallest absolute Gasteiger partial charge is 0.134 e. The predicted octanol–water partition coefficient (Wildman–Crippen LogP) is 3.43. The summed E-state index contributed by atoms with van der Waals surface area (Å²) in [6.07, 6.45) is 6.95. The highest BCUT2D eigenvalue weighted by atomic mass is 16.5. The van der Waals surface area contributed by atoms with E-state index in [1.54, 1.807) is 0 Å². The lowest BCUT2D eigenvalue weighted by Crippen LogP contribution is -2.19. The molecule has 2 unspecified atom stereocenters. The van der Waals surface area contributed by atoms with Crippen LogP contribution in [0.5, 0.6) is 0 Å². The zero-order valence-electron chi connectivity index (χ0n) is 18.2. The van der Waals surface area contributed by atoms with E-state index in [0.29, 0.717) is 24.7 Å². The zero-order chi connectivity index (χ0) is 21.4. The summed E-state index contributed by atoms with van der Waals surface area (Å²) in [7, 11) is 0. The Morgan fingerprint density at radius 2 is 0.857 bits per heavy atom. The van der Waals surface area contributed by atoms with Crippen molar-refractivity contribution in [3.63, 3.8) is 0 Å². The summed E-state index contributed by atoms with van der Waals surface area (Å²) in [4.78, 5) is 0. The standard InChI is InChI=1S/C22H42O6/c1-17(2)21(19(25)15-23)27-13-11-9-7-5-6-8-10-12-14-28-22(18(3)4)20(26)16-24/h19-20,23-26H,5-16H2,1-4H3. The summed E-state index contributed by atoms with van der Waals surface area (Å²) in [6, 6.07) is 0. The van der Waals surface area contributed by atoms with E-state index in [2.05, 4.69) is 0 Å². The van der Waals surface area contributed by atoms with Crippen molar-refractivity contribution in [3.05, 3.63) is 22.7 Å². The van der Waals surface area contributed by atoms with E-state index in [4.69, 9.17) is 19.7 Å². The average Bonchev–Trinajstić information content (AvgIpc) is 2.66. The van der Waals surface area contributed by atoms with Gasteiger partial charge in [0.15, 0.2) is 0 Å². The SMILES string of the molecule is CC(C)=C(OCCCCCCCCCCOC(=C(C)C)C(O)CO)C(O)CO. The Labute approximate surface area is 170 Å². The lowest BCUT2D eigenvalue weighted by molar-refractivity contribution is 0.0556. The Kier molecular flexibility index (Phi) is 16.2. The van der Waals surface area contributed by atoms with Crippen LogP contribution < -0.4 is 0 Å². The summed E-state index contributed by atoms with van der Waals surface area (Å²) in [5.41, 5.74) is 1.79. The Morgan fingerprint density at radius 3 is 1.11 bits per heavy atom. The molecule has 6 nitrogen and oxygen atoms in total. The average molecular weight is 403 g/mol. The molecule has 0 aliphatic carbocycles. The largest absolute Gasteiger partial charge is 0.495 e. The summed E-state index contributed by atoms with van der Waals surface area (Å²) >= 11 is 0. The second-order valence-corrected chi connectivity index (χ2v) is 7.65. The molecule has 0 radical (unpaired) electrons. The van der Waals surface area contributed by atoms with Crippen molar-refractivity contribution in [2.24, 2.45) is 0 Å². The summed E-state index contributed by atoms with van der Waals surface area (Å²) in [5, 5.41) is 37.4. The van der Waals surface area contributed by atoms with Crippen molar-refractivity contribution < 1.29 is 29.9 Å². The number of hydrogen-bond acceptors (Lipinski definition) is 6. The van der Waals surface area contributed by atoms with Crippen molar-refractivity contribution >= 4 is 0 Å². The van der Waals surface area contributed by atoms with Gasteiger partial charge in [-0.25, -0.2) is 0 Å². The van der Waals surface area contributed by atoms with Gasteiger partial charge < -0.3 is 29.9 Å². The van der Waals surface area contributed by atoms with Crippen LogP contribution in [0, 0.1) is 0 Å². The highest BCUT2D eigenvalue weighted by molar-refractivity contribution is 5.08. The lowest BCUT2D eigenvalue weighted by Gasteiger charge is -2.16. The molecule has 166 valence electrons. The van der Waals surface area contributed by atoms with Gasteiger partial charge >= 0.3 is 0 Å². The quantitative estimate of drug-likeness (QED) is 0.220. The first-order chi connectivity index (χ1) is 13.3. The molecule has 0 aromatic carbocycles. The van der Waals surface area contributed by atoms with E-state index in [1.165, 1.54) is 12.8 Å². The minimum atomic E-state index is -0.923. The molecule has 0 aliphatic heterocycles. The van der Waals surface area contributed by atoms with Crippen molar-refractivity contribution in [3.8, 4) is 0 Å². The highest BCUT2D eigenvalue weighted by Crippen LogP contribution is 2.14. The van der Waals surface area contributed by atoms with Gasteiger partial charge in [-0.15, -0.1) is 0 Å². The fourth-order valence-electron chi connectivity index (χ4n) is 2.94. The van der Waals surface area contributed by atoms with Gasteiger partial charge in [-0.2, -0.15) is 0 Å². The van der Waals surface area contributed by atoms with E-state index in [0.717, 1.165) is 49.7 Å². The van der Waals surface area contributed by atoms with E-state index in [9.17, 15) is 10.2 Å². The van der Waals surface area contributed by atoms with Gasteiger partial charge in [0.25, 0.3) is 0 Å². The minimum absolute atomic E-state index is 0.316. The Hall–Kier alpha value is -1.08. The highest BCUT2D eigenvalue weighted by Gasteiger charge is 2.13. The molecular formula is C22H42O6. The fraction of sp³-hybridized carbons (Fsp3) is 0.818. The number of allylic oxidation sites excluding steroid dienone is 2. The first-order valence-electron chi connectivity index (χ1n) is 10.5. The van der Waals surface area contributed by atoms with E-state index in [-0.39, 0.29) is 13.2 Å². The third-order valence-electron chi connectivity index (χ3n) is 4.49. The van der Waals surface area contributed by atoms with Crippen LogP contribution in [0.2, 0.25) is 0 Å². The molecule has 0 saturated heterocycles.